The van der Waals surface area contributed by atoms with Gasteiger partial charge in [-0.25, -0.2) is 0 Å². The molecule has 2 heterocycles. The van der Waals surface area contributed by atoms with Crippen LogP contribution in [0.3, 0.4) is 0 Å². The molecule has 0 atom stereocenters. The molecule has 2 N–H and O–H groups in total. The molecule has 0 radical (unpaired) electrons. The maximum Gasteiger partial charge on any atom is 0.195 e. The molecule has 90 valence electrons. The average Bonchev–Trinajstić information content (AvgIpc) is 2.63. The van der Waals surface area contributed by atoms with Crippen molar-refractivity contribution in [3.05, 3.63) is 10.6 Å². The van der Waals surface area contributed by atoms with E-state index in [9.17, 15) is 0 Å². The summed E-state index contributed by atoms with van der Waals surface area (Å²) in [6.45, 7) is 3.10. The van der Waals surface area contributed by atoms with Crippen molar-refractivity contribution in [2.45, 2.75) is 26.0 Å². The van der Waals surface area contributed by atoms with E-state index >= 15 is 0 Å². The van der Waals surface area contributed by atoms with E-state index in [2.05, 4.69) is 22.1 Å². The molecule has 0 spiro atoms. The zero-order valence-corrected chi connectivity index (χ0v) is 10.3. The van der Waals surface area contributed by atoms with E-state index in [1.54, 1.807) is 0 Å². The lowest BCUT2D eigenvalue weighted by Gasteiger charge is -2.29. The molecular formula is C10H18N4OS. The Bertz CT molecular complexity index is 392. The molecule has 1 aliphatic heterocycles. The number of nitrogens with one attached hydrogen (secondary N) is 1. The number of likely N-dealkylation sites (tertiary alicyclic amines) is 1. The molecule has 1 fully saturated rings. The van der Waals surface area contributed by atoms with Crippen molar-refractivity contribution in [3.8, 4) is 0 Å². The lowest BCUT2D eigenvalue weighted by Crippen LogP contribution is -2.32. The van der Waals surface area contributed by atoms with Gasteiger partial charge in [0.05, 0.1) is 0 Å². The van der Waals surface area contributed by atoms with Crippen LogP contribution in [0.5, 0.6) is 0 Å². The molecule has 16 heavy (non-hydrogen) atoms. The van der Waals surface area contributed by atoms with Crippen molar-refractivity contribution in [3.63, 3.8) is 0 Å². The highest BCUT2D eigenvalue weighted by Crippen LogP contribution is 2.18. The zero-order valence-electron chi connectivity index (χ0n) is 9.52. The van der Waals surface area contributed by atoms with Gasteiger partial charge in [0.25, 0.3) is 0 Å². The molecule has 0 saturated carbocycles. The van der Waals surface area contributed by atoms with E-state index in [1.807, 2.05) is 4.57 Å². The van der Waals surface area contributed by atoms with Crippen LogP contribution in [0, 0.1) is 10.7 Å². The number of aromatic amines is 1. The summed E-state index contributed by atoms with van der Waals surface area (Å²) in [6.07, 6.45) is 2.38. The predicted molar refractivity (Wildman–Crippen MR) is 63.6 cm³/mol. The van der Waals surface area contributed by atoms with E-state index in [0.717, 1.165) is 19.6 Å². The molecule has 0 aromatic carbocycles. The maximum atomic E-state index is 9.15. The summed E-state index contributed by atoms with van der Waals surface area (Å²) >= 11 is 5.15. The largest absolute Gasteiger partial charge is 0.388 e. The number of nitrogens with zero attached hydrogens (tertiary/aromatic N) is 3. The van der Waals surface area contributed by atoms with E-state index in [-0.39, 0.29) is 6.61 Å². The third-order valence-corrected chi connectivity index (χ3v) is 3.57. The number of H-pyrrole nitrogens is 1. The van der Waals surface area contributed by atoms with Gasteiger partial charge in [-0.15, -0.1) is 0 Å². The quantitative estimate of drug-likeness (QED) is 0.769. The van der Waals surface area contributed by atoms with Gasteiger partial charge in [-0.2, -0.15) is 5.10 Å². The number of hydrogen-bond acceptors (Lipinski definition) is 4. The fraction of sp³-hybridized carbons (Fsp3) is 0.800. The van der Waals surface area contributed by atoms with Crippen LogP contribution in [0.2, 0.25) is 0 Å². The summed E-state index contributed by atoms with van der Waals surface area (Å²) in [7, 11) is 2.15. The van der Waals surface area contributed by atoms with Crippen LogP contribution in [0.4, 0.5) is 0 Å². The Labute approximate surface area is 100 Å². The number of aliphatic hydroxyl groups is 1. The van der Waals surface area contributed by atoms with Gasteiger partial charge in [0.2, 0.25) is 0 Å². The normalized spacial score (nSPS) is 19.1. The standard InChI is InChI=1S/C10H18N4OS/c1-13-4-2-8(3-5-13)6-14-9(7-15)11-12-10(14)16/h8,15H,2-7H2,1H3,(H,12,16). The molecule has 0 bridgehead atoms. The van der Waals surface area contributed by atoms with E-state index in [1.165, 1.54) is 12.8 Å². The van der Waals surface area contributed by atoms with E-state index < -0.39 is 0 Å². The van der Waals surface area contributed by atoms with Gasteiger partial charge in [0.15, 0.2) is 10.6 Å². The number of aromatic nitrogens is 3. The SMILES string of the molecule is CN1CCC(Cn2c(CO)n[nH]c2=S)CC1. The van der Waals surface area contributed by atoms with Crippen LogP contribution in [0.15, 0.2) is 0 Å². The minimum absolute atomic E-state index is 0.0558. The summed E-state index contributed by atoms with van der Waals surface area (Å²) in [5, 5.41) is 15.9. The Morgan fingerprint density at radius 2 is 2.19 bits per heavy atom. The Morgan fingerprint density at radius 3 is 2.81 bits per heavy atom. The van der Waals surface area contributed by atoms with Gasteiger partial charge < -0.3 is 14.6 Å². The fourth-order valence-corrected chi connectivity index (χ4v) is 2.39. The molecule has 1 aliphatic rings. The molecule has 5 nitrogen and oxygen atoms in total. The van der Waals surface area contributed by atoms with Crippen LogP contribution in [0.1, 0.15) is 18.7 Å². The minimum Gasteiger partial charge on any atom is -0.388 e. The summed E-state index contributed by atoms with van der Waals surface area (Å²) in [4.78, 5) is 2.35. The highest BCUT2D eigenvalue weighted by atomic mass is 32.1. The second kappa shape index (κ2) is 5.07. The topological polar surface area (TPSA) is 57.1 Å². The number of rotatable bonds is 3. The number of hydrogen-bond donors (Lipinski definition) is 2. The van der Waals surface area contributed by atoms with Gasteiger partial charge in [-0.05, 0) is 51.1 Å². The number of aliphatic hydroxyl groups excluding tert-OH is 1. The van der Waals surface area contributed by atoms with Crippen molar-refractivity contribution in [2.24, 2.45) is 5.92 Å². The molecule has 1 aromatic rings. The van der Waals surface area contributed by atoms with Crippen LogP contribution >= 0.6 is 12.2 Å². The smallest absolute Gasteiger partial charge is 0.195 e. The second-order valence-electron chi connectivity index (χ2n) is 4.46. The fourth-order valence-electron chi connectivity index (χ4n) is 2.16. The van der Waals surface area contributed by atoms with Crippen LogP contribution in [-0.2, 0) is 13.2 Å². The van der Waals surface area contributed by atoms with Crippen LogP contribution < -0.4 is 0 Å². The predicted octanol–water partition coefficient (Wildman–Crippen LogP) is 0.775. The molecule has 2 rings (SSSR count). The Hall–Kier alpha value is -0.720. The summed E-state index contributed by atoms with van der Waals surface area (Å²) in [5.74, 6) is 1.29. The highest BCUT2D eigenvalue weighted by Gasteiger charge is 2.18. The molecule has 0 amide bonds. The van der Waals surface area contributed by atoms with Gasteiger partial charge in [-0.3, -0.25) is 5.10 Å². The van der Waals surface area contributed by atoms with Gasteiger partial charge in [-0.1, -0.05) is 0 Å². The van der Waals surface area contributed by atoms with Gasteiger partial charge in [0, 0.05) is 6.54 Å². The number of piperidine rings is 1. The first-order valence-corrected chi connectivity index (χ1v) is 6.05. The molecule has 0 aliphatic carbocycles. The molecular weight excluding hydrogens is 224 g/mol. The Kier molecular flexibility index (Phi) is 3.73. The summed E-state index contributed by atoms with van der Waals surface area (Å²) < 4.78 is 2.54. The molecule has 6 heteroatoms. The molecule has 1 aromatic heterocycles. The summed E-state index contributed by atoms with van der Waals surface area (Å²) in [5.41, 5.74) is 0. The lowest BCUT2D eigenvalue weighted by atomic mass is 9.97. The monoisotopic (exact) mass is 242 g/mol. The van der Waals surface area contributed by atoms with Crippen molar-refractivity contribution in [1.82, 2.24) is 19.7 Å². The first-order valence-electron chi connectivity index (χ1n) is 5.64. The van der Waals surface area contributed by atoms with Crippen molar-refractivity contribution in [2.75, 3.05) is 20.1 Å². The minimum atomic E-state index is -0.0558. The van der Waals surface area contributed by atoms with Crippen molar-refractivity contribution < 1.29 is 5.11 Å². The maximum absolute atomic E-state index is 9.15. The Morgan fingerprint density at radius 1 is 1.50 bits per heavy atom. The van der Waals surface area contributed by atoms with E-state index in [0.29, 0.717) is 16.5 Å². The average molecular weight is 242 g/mol. The van der Waals surface area contributed by atoms with E-state index in [4.69, 9.17) is 17.3 Å². The Balaban J connectivity index is 2.03. The van der Waals surface area contributed by atoms with Gasteiger partial charge in [0.1, 0.15) is 6.61 Å². The molecule has 1 saturated heterocycles. The van der Waals surface area contributed by atoms with Crippen molar-refractivity contribution in [1.29, 1.82) is 0 Å². The zero-order chi connectivity index (χ0) is 11.5. The first-order chi connectivity index (χ1) is 7.70. The second-order valence-corrected chi connectivity index (χ2v) is 4.85. The lowest BCUT2D eigenvalue weighted by molar-refractivity contribution is 0.199. The summed E-state index contributed by atoms with van der Waals surface area (Å²) in [6, 6.07) is 0. The third kappa shape index (κ3) is 2.50. The third-order valence-electron chi connectivity index (χ3n) is 3.26. The van der Waals surface area contributed by atoms with Crippen LogP contribution in [-0.4, -0.2) is 44.9 Å². The highest BCUT2D eigenvalue weighted by molar-refractivity contribution is 7.71. The van der Waals surface area contributed by atoms with Crippen LogP contribution in [0.25, 0.3) is 0 Å². The van der Waals surface area contributed by atoms with Gasteiger partial charge >= 0.3 is 0 Å². The van der Waals surface area contributed by atoms with Crippen molar-refractivity contribution >= 4 is 12.2 Å². The molecule has 0 unspecified atom stereocenters. The first kappa shape index (κ1) is 11.8.